The molecule has 0 spiro atoms. The Balaban J connectivity index is 1.68. The molecule has 1 N–H and O–H groups in total. The third-order valence-electron chi connectivity index (χ3n) is 5.23. The summed E-state index contributed by atoms with van der Waals surface area (Å²) in [6.07, 6.45) is 7.13. The predicted octanol–water partition coefficient (Wildman–Crippen LogP) is 3.22. The molecule has 0 heterocycles. The maximum atomic E-state index is 12.6. The van der Waals surface area contributed by atoms with E-state index >= 15 is 0 Å². The van der Waals surface area contributed by atoms with E-state index in [1.54, 1.807) is 0 Å². The van der Waals surface area contributed by atoms with Crippen LogP contribution in [0.4, 0.5) is 0 Å². The summed E-state index contributed by atoms with van der Waals surface area (Å²) >= 11 is 0. The number of aliphatic hydroxyl groups is 1. The second kappa shape index (κ2) is 5.80. The van der Waals surface area contributed by atoms with Gasteiger partial charge in [-0.1, -0.05) is 43.5 Å². The number of fused-ring (bicyclic) bond motifs is 1. The van der Waals surface area contributed by atoms with Crippen LogP contribution in [0.1, 0.15) is 62.1 Å². The minimum Gasteiger partial charge on any atom is -0.389 e. The summed E-state index contributed by atoms with van der Waals surface area (Å²) in [6.45, 7) is 0. The molecule has 1 amide bonds. The van der Waals surface area contributed by atoms with Gasteiger partial charge in [0.05, 0.1) is 18.1 Å². The van der Waals surface area contributed by atoms with Gasteiger partial charge in [0.25, 0.3) is 0 Å². The Hall–Kier alpha value is -1.35. The molecule has 0 radical (unpaired) electrons. The van der Waals surface area contributed by atoms with Crippen molar-refractivity contribution in [1.82, 2.24) is 4.90 Å². The van der Waals surface area contributed by atoms with E-state index in [1.807, 2.05) is 18.0 Å². The van der Waals surface area contributed by atoms with Crippen molar-refractivity contribution in [3.05, 3.63) is 35.4 Å². The van der Waals surface area contributed by atoms with Gasteiger partial charge in [-0.3, -0.25) is 4.79 Å². The molecule has 1 atom stereocenters. The summed E-state index contributed by atoms with van der Waals surface area (Å²) in [4.78, 5) is 14.4. The molecule has 1 aromatic rings. The van der Waals surface area contributed by atoms with E-state index in [0.717, 1.165) is 38.5 Å². The van der Waals surface area contributed by atoms with Gasteiger partial charge in [0.15, 0.2) is 0 Å². The first-order chi connectivity index (χ1) is 10.1. The van der Waals surface area contributed by atoms with Crippen LogP contribution in [0.25, 0.3) is 0 Å². The number of amides is 1. The van der Waals surface area contributed by atoms with Crippen LogP contribution in [0.2, 0.25) is 0 Å². The smallest absolute Gasteiger partial charge is 0.225 e. The molecule has 0 bridgehead atoms. The van der Waals surface area contributed by atoms with Crippen LogP contribution < -0.4 is 0 Å². The molecular weight excluding hydrogens is 262 g/mol. The summed E-state index contributed by atoms with van der Waals surface area (Å²) in [5, 5.41) is 10.6. The van der Waals surface area contributed by atoms with E-state index in [1.165, 1.54) is 17.5 Å². The van der Waals surface area contributed by atoms with Crippen LogP contribution >= 0.6 is 0 Å². The first-order valence-electron chi connectivity index (χ1n) is 8.15. The second-order valence-corrected chi connectivity index (χ2v) is 6.72. The lowest BCUT2D eigenvalue weighted by atomic mass is 9.82. The van der Waals surface area contributed by atoms with Crippen molar-refractivity contribution in [2.75, 3.05) is 7.05 Å². The monoisotopic (exact) mass is 287 g/mol. The van der Waals surface area contributed by atoms with Crippen LogP contribution in [0.3, 0.4) is 0 Å². The van der Waals surface area contributed by atoms with Gasteiger partial charge in [-0.2, -0.15) is 0 Å². The topological polar surface area (TPSA) is 40.5 Å². The zero-order valence-corrected chi connectivity index (χ0v) is 12.8. The highest BCUT2D eigenvalue weighted by Crippen LogP contribution is 2.37. The lowest BCUT2D eigenvalue weighted by molar-refractivity contribution is -0.138. The largest absolute Gasteiger partial charge is 0.389 e. The molecule has 0 aliphatic heterocycles. The minimum atomic E-state index is -0.762. The number of benzene rings is 1. The summed E-state index contributed by atoms with van der Waals surface area (Å²) < 4.78 is 0. The van der Waals surface area contributed by atoms with Crippen molar-refractivity contribution in [1.29, 1.82) is 0 Å². The SMILES string of the molecule is CN(C(=O)CC1(O)CCCCC1)C1CCc2ccccc21. The van der Waals surface area contributed by atoms with E-state index in [2.05, 4.69) is 18.2 Å². The third-order valence-corrected chi connectivity index (χ3v) is 5.23. The summed E-state index contributed by atoms with van der Waals surface area (Å²) in [7, 11) is 1.89. The highest BCUT2D eigenvalue weighted by atomic mass is 16.3. The first kappa shape index (κ1) is 14.6. The summed E-state index contributed by atoms with van der Waals surface area (Å²) in [5.41, 5.74) is 1.88. The molecule has 2 aliphatic rings. The molecule has 0 aromatic heterocycles. The fraction of sp³-hybridized carbons (Fsp3) is 0.611. The minimum absolute atomic E-state index is 0.0844. The van der Waals surface area contributed by atoms with E-state index in [9.17, 15) is 9.90 Å². The van der Waals surface area contributed by atoms with Crippen LogP contribution in [0.5, 0.6) is 0 Å². The Bertz CT molecular complexity index is 520. The number of carbonyl (C=O) groups is 1. The molecule has 0 saturated heterocycles. The van der Waals surface area contributed by atoms with Gasteiger partial charge in [0, 0.05) is 7.05 Å². The predicted molar refractivity (Wildman–Crippen MR) is 82.9 cm³/mol. The quantitative estimate of drug-likeness (QED) is 0.927. The number of rotatable bonds is 3. The fourth-order valence-corrected chi connectivity index (χ4v) is 3.90. The average molecular weight is 287 g/mol. The molecule has 2 aliphatic carbocycles. The Morgan fingerprint density at radius 1 is 1.29 bits per heavy atom. The van der Waals surface area contributed by atoms with Gasteiger partial charge in [0.2, 0.25) is 5.91 Å². The van der Waals surface area contributed by atoms with E-state index < -0.39 is 5.60 Å². The lowest BCUT2D eigenvalue weighted by Gasteiger charge is -2.34. The van der Waals surface area contributed by atoms with Gasteiger partial charge in [-0.25, -0.2) is 0 Å². The van der Waals surface area contributed by atoms with Gasteiger partial charge >= 0.3 is 0 Å². The highest BCUT2D eigenvalue weighted by Gasteiger charge is 2.35. The normalized spacial score (nSPS) is 23.6. The van der Waals surface area contributed by atoms with Crippen LogP contribution in [0.15, 0.2) is 24.3 Å². The molecule has 3 heteroatoms. The Kier molecular flexibility index (Phi) is 4.03. The van der Waals surface area contributed by atoms with Gasteiger partial charge in [0.1, 0.15) is 0 Å². The number of aryl methyl sites for hydroxylation is 1. The van der Waals surface area contributed by atoms with E-state index in [0.29, 0.717) is 0 Å². The van der Waals surface area contributed by atoms with Gasteiger partial charge in [-0.05, 0) is 36.8 Å². The Labute approximate surface area is 127 Å². The third kappa shape index (κ3) is 2.98. The zero-order chi connectivity index (χ0) is 14.9. The standard InChI is InChI=1S/C18H25NO2/c1-19(16-10-9-14-7-3-4-8-15(14)16)17(20)13-18(21)11-5-2-6-12-18/h3-4,7-8,16,21H,2,5-6,9-13H2,1H3. The maximum Gasteiger partial charge on any atom is 0.225 e. The van der Waals surface area contributed by atoms with Crippen molar-refractivity contribution in [3.63, 3.8) is 0 Å². The molecule has 1 saturated carbocycles. The molecule has 114 valence electrons. The number of carbonyl (C=O) groups excluding carboxylic acids is 1. The molecule has 3 nitrogen and oxygen atoms in total. The second-order valence-electron chi connectivity index (χ2n) is 6.72. The lowest BCUT2D eigenvalue weighted by Crippen LogP contribution is -2.40. The molecule has 1 fully saturated rings. The number of nitrogens with zero attached hydrogens (tertiary/aromatic N) is 1. The van der Waals surface area contributed by atoms with E-state index in [4.69, 9.17) is 0 Å². The maximum absolute atomic E-state index is 12.6. The Morgan fingerprint density at radius 3 is 2.76 bits per heavy atom. The summed E-state index contributed by atoms with van der Waals surface area (Å²) in [6, 6.07) is 8.58. The van der Waals surface area contributed by atoms with Crippen molar-refractivity contribution < 1.29 is 9.90 Å². The fourth-order valence-electron chi connectivity index (χ4n) is 3.90. The average Bonchev–Trinajstić information content (AvgIpc) is 2.90. The van der Waals surface area contributed by atoms with Crippen molar-refractivity contribution in [3.8, 4) is 0 Å². The first-order valence-corrected chi connectivity index (χ1v) is 8.15. The van der Waals surface area contributed by atoms with Crippen LogP contribution in [-0.2, 0) is 11.2 Å². The molecule has 1 aromatic carbocycles. The van der Waals surface area contributed by atoms with Crippen molar-refractivity contribution in [2.24, 2.45) is 0 Å². The van der Waals surface area contributed by atoms with Gasteiger partial charge in [-0.15, -0.1) is 0 Å². The van der Waals surface area contributed by atoms with Crippen molar-refractivity contribution in [2.45, 2.75) is 63.0 Å². The Morgan fingerprint density at radius 2 is 2.00 bits per heavy atom. The highest BCUT2D eigenvalue weighted by molar-refractivity contribution is 5.77. The zero-order valence-electron chi connectivity index (χ0n) is 12.8. The molecule has 3 rings (SSSR count). The van der Waals surface area contributed by atoms with Crippen molar-refractivity contribution >= 4 is 5.91 Å². The number of hydrogen-bond donors (Lipinski definition) is 1. The molecule has 21 heavy (non-hydrogen) atoms. The van der Waals surface area contributed by atoms with Gasteiger partial charge < -0.3 is 10.0 Å². The van der Waals surface area contributed by atoms with Crippen LogP contribution in [-0.4, -0.2) is 28.6 Å². The number of hydrogen-bond acceptors (Lipinski definition) is 2. The van der Waals surface area contributed by atoms with E-state index in [-0.39, 0.29) is 18.4 Å². The van der Waals surface area contributed by atoms with Crippen LogP contribution in [0, 0.1) is 0 Å². The molecule has 1 unspecified atom stereocenters. The molecular formula is C18H25NO2. The summed E-state index contributed by atoms with van der Waals surface area (Å²) in [5.74, 6) is 0.0844.